The Labute approximate surface area is 218 Å². The highest BCUT2D eigenvalue weighted by molar-refractivity contribution is 7.16. The molecule has 0 aliphatic carbocycles. The Balaban J connectivity index is 1.54. The van der Waals surface area contributed by atoms with E-state index in [0.717, 1.165) is 61.0 Å². The molecule has 1 aliphatic rings. The van der Waals surface area contributed by atoms with Gasteiger partial charge in [-0.2, -0.15) is 10.4 Å². The summed E-state index contributed by atoms with van der Waals surface area (Å²) in [6.07, 6.45) is 1.64. The predicted octanol–water partition coefficient (Wildman–Crippen LogP) is 3.82. The Morgan fingerprint density at radius 3 is 2.57 bits per heavy atom. The SMILES string of the molecule is CCc1nn2c(C)cc(N3CCN(CC=O)CC3)nc2c1N(C)c1nc(-c2ccc(F)cc2)c(C#N)s1. The number of aromatic nitrogens is 4. The van der Waals surface area contributed by atoms with Gasteiger partial charge in [0.25, 0.3) is 0 Å². The predicted molar refractivity (Wildman–Crippen MR) is 142 cm³/mol. The van der Waals surface area contributed by atoms with Crippen LogP contribution in [0.1, 0.15) is 23.2 Å². The third-order valence-electron chi connectivity index (χ3n) is 6.62. The summed E-state index contributed by atoms with van der Waals surface area (Å²) in [7, 11) is 1.91. The summed E-state index contributed by atoms with van der Waals surface area (Å²) in [4.78, 5) is 27.5. The molecule has 0 unspecified atom stereocenters. The largest absolute Gasteiger partial charge is 0.354 e. The molecule has 1 saturated heterocycles. The molecule has 0 spiro atoms. The van der Waals surface area contributed by atoms with Crippen LogP contribution in [0, 0.1) is 24.1 Å². The third-order valence-corrected chi connectivity index (χ3v) is 7.66. The van der Waals surface area contributed by atoms with Crippen molar-refractivity contribution in [2.24, 2.45) is 0 Å². The zero-order chi connectivity index (χ0) is 26.1. The van der Waals surface area contributed by atoms with Crippen molar-refractivity contribution in [2.75, 3.05) is 49.6 Å². The quantitative estimate of drug-likeness (QED) is 0.341. The van der Waals surface area contributed by atoms with Gasteiger partial charge in [0.2, 0.25) is 0 Å². The zero-order valence-electron chi connectivity index (χ0n) is 21.0. The molecule has 0 saturated carbocycles. The topological polar surface area (TPSA) is 93.7 Å². The number of nitriles is 1. The number of nitrogens with zero attached hydrogens (tertiary/aromatic N) is 8. The molecular formula is C26H27FN8OS. The molecule has 4 aromatic rings. The summed E-state index contributed by atoms with van der Waals surface area (Å²) in [6.45, 7) is 7.70. The van der Waals surface area contributed by atoms with Gasteiger partial charge in [0.05, 0.1) is 12.2 Å². The van der Waals surface area contributed by atoms with E-state index in [1.54, 1.807) is 12.1 Å². The first-order valence-corrected chi connectivity index (χ1v) is 13.0. The van der Waals surface area contributed by atoms with Gasteiger partial charge in [0, 0.05) is 50.6 Å². The maximum Gasteiger partial charge on any atom is 0.191 e. The number of hydrogen-bond acceptors (Lipinski definition) is 9. The molecule has 9 nitrogen and oxygen atoms in total. The van der Waals surface area contributed by atoms with Gasteiger partial charge in [-0.3, -0.25) is 4.90 Å². The van der Waals surface area contributed by atoms with E-state index >= 15 is 0 Å². The van der Waals surface area contributed by atoms with Gasteiger partial charge in [-0.05, 0) is 37.6 Å². The number of fused-ring (bicyclic) bond motifs is 1. The van der Waals surface area contributed by atoms with E-state index in [1.807, 2.05) is 36.4 Å². The van der Waals surface area contributed by atoms with E-state index in [2.05, 4.69) is 15.9 Å². The minimum atomic E-state index is -0.337. The van der Waals surface area contributed by atoms with Crippen LogP contribution in [0.15, 0.2) is 30.3 Å². The first kappa shape index (κ1) is 24.8. The Morgan fingerprint density at radius 1 is 1.19 bits per heavy atom. The molecule has 4 heterocycles. The van der Waals surface area contributed by atoms with Crippen LogP contribution in [0.2, 0.25) is 0 Å². The second-order valence-corrected chi connectivity index (χ2v) is 9.92. The second-order valence-electron chi connectivity index (χ2n) is 8.95. The van der Waals surface area contributed by atoms with Crippen LogP contribution >= 0.6 is 11.3 Å². The van der Waals surface area contributed by atoms with Crippen LogP contribution in [0.25, 0.3) is 16.9 Å². The van der Waals surface area contributed by atoms with Crippen LogP contribution < -0.4 is 9.80 Å². The molecule has 37 heavy (non-hydrogen) atoms. The third kappa shape index (κ3) is 4.65. The number of anilines is 3. The number of rotatable bonds is 7. The number of halogens is 1. The van der Waals surface area contributed by atoms with Gasteiger partial charge < -0.3 is 14.6 Å². The maximum absolute atomic E-state index is 13.5. The van der Waals surface area contributed by atoms with Crippen LogP contribution in [0.3, 0.4) is 0 Å². The normalized spacial score (nSPS) is 14.2. The summed E-state index contributed by atoms with van der Waals surface area (Å²) in [5.41, 5.74) is 4.63. The van der Waals surface area contributed by atoms with E-state index < -0.39 is 0 Å². The van der Waals surface area contributed by atoms with Crippen molar-refractivity contribution in [1.29, 1.82) is 5.26 Å². The lowest BCUT2D eigenvalue weighted by Gasteiger charge is -2.34. The second kappa shape index (κ2) is 10.2. The minimum absolute atomic E-state index is 0.337. The van der Waals surface area contributed by atoms with Gasteiger partial charge in [0.15, 0.2) is 10.8 Å². The lowest BCUT2D eigenvalue weighted by molar-refractivity contribution is -0.108. The first-order chi connectivity index (χ1) is 17.9. The highest BCUT2D eigenvalue weighted by Gasteiger charge is 2.25. The molecule has 3 aromatic heterocycles. The fourth-order valence-corrected chi connectivity index (χ4v) is 5.47. The van der Waals surface area contributed by atoms with Crippen LogP contribution in [-0.4, -0.2) is 70.5 Å². The number of carbonyl (C=O) groups is 1. The van der Waals surface area contributed by atoms with Crippen molar-refractivity contribution < 1.29 is 9.18 Å². The Morgan fingerprint density at radius 2 is 1.92 bits per heavy atom. The number of hydrogen-bond donors (Lipinski definition) is 0. The number of thiazole rings is 1. The van der Waals surface area contributed by atoms with Crippen molar-refractivity contribution in [3.8, 4) is 17.3 Å². The van der Waals surface area contributed by atoms with Crippen molar-refractivity contribution in [3.05, 3.63) is 52.4 Å². The molecule has 190 valence electrons. The van der Waals surface area contributed by atoms with Gasteiger partial charge in [0.1, 0.15) is 40.2 Å². The molecule has 0 amide bonds. The Bertz CT molecular complexity index is 1480. The molecule has 0 bridgehead atoms. The van der Waals surface area contributed by atoms with E-state index in [0.29, 0.717) is 34.2 Å². The van der Waals surface area contributed by atoms with Gasteiger partial charge in [-0.15, -0.1) is 0 Å². The maximum atomic E-state index is 13.5. The molecule has 0 atom stereocenters. The van der Waals surface area contributed by atoms with Crippen LogP contribution in [0.4, 0.5) is 21.0 Å². The first-order valence-electron chi connectivity index (χ1n) is 12.1. The van der Waals surface area contributed by atoms with E-state index in [4.69, 9.17) is 15.1 Å². The minimum Gasteiger partial charge on any atom is -0.354 e. The Kier molecular flexibility index (Phi) is 6.86. The van der Waals surface area contributed by atoms with E-state index in [-0.39, 0.29) is 5.82 Å². The Hall–Kier alpha value is -3.88. The number of piperazine rings is 1. The zero-order valence-corrected chi connectivity index (χ0v) is 21.8. The monoisotopic (exact) mass is 518 g/mol. The fourth-order valence-electron chi connectivity index (χ4n) is 4.62. The number of aldehydes is 1. The van der Waals surface area contributed by atoms with E-state index in [9.17, 15) is 14.4 Å². The highest BCUT2D eigenvalue weighted by atomic mass is 32.1. The fraction of sp³-hybridized carbons (Fsp3) is 0.346. The number of carbonyl (C=O) groups excluding carboxylic acids is 1. The highest BCUT2D eigenvalue weighted by Crippen LogP contribution is 2.38. The molecule has 1 aromatic carbocycles. The standard InChI is InChI=1S/C26H27FN8OS/c1-4-20-24(32(3)26-30-23(21(16-28)37-26)18-5-7-19(27)8-6-18)25-29-22(15-17(2)35(25)31-20)34-11-9-33(10-12-34)13-14-36/h5-8,14-15H,4,9-13H2,1-3H3. The van der Waals surface area contributed by atoms with Gasteiger partial charge in [-0.1, -0.05) is 18.3 Å². The van der Waals surface area contributed by atoms with Crippen molar-refractivity contribution >= 4 is 39.9 Å². The molecule has 0 N–H and O–H groups in total. The van der Waals surface area contributed by atoms with Crippen molar-refractivity contribution in [3.63, 3.8) is 0 Å². The summed E-state index contributed by atoms with van der Waals surface area (Å²) in [5, 5.41) is 15.2. The summed E-state index contributed by atoms with van der Waals surface area (Å²) in [6, 6.07) is 10.3. The summed E-state index contributed by atoms with van der Waals surface area (Å²) < 4.78 is 15.3. The van der Waals surface area contributed by atoms with Crippen molar-refractivity contribution in [1.82, 2.24) is 24.5 Å². The molecule has 1 aliphatic heterocycles. The number of aryl methyl sites for hydroxylation is 2. The van der Waals surface area contributed by atoms with Crippen LogP contribution in [-0.2, 0) is 11.2 Å². The van der Waals surface area contributed by atoms with Gasteiger partial charge >= 0.3 is 0 Å². The van der Waals surface area contributed by atoms with Gasteiger partial charge in [-0.25, -0.2) is 18.9 Å². The summed E-state index contributed by atoms with van der Waals surface area (Å²) >= 11 is 1.28. The molecule has 5 rings (SSSR count). The molecule has 11 heteroatoms. The molecule has 1 fully saturated rings. The van der Waals surface area contributed by atoms with E-state index in [1.165, 1.54) is 23.5 Å². The number of benzene rings is 1. The molecule has 0 radical (unpaired) electrons. The lowest BCUT2D eigenvalue weighted by Crippen LogP contribution is -2.47. The lowest BCUT2D eigenvalue weighted by atomic mass is 10.1. The average molecular weight is 519 g/mol. The molecular weight excluding hydrogens is 491 g/mol. The van der Waals surface area contributed by atoms with Crippen LogP contribution in [0.5, 0.6) is 0 Å². The average Bonchev–Trinajstić information content (AvgIpc) is 3.51. The van der Waals surface area contributed by atoms with Crippen molar-refractivity contribution in [2.45, 2.75) is 20.3 Å². The smallest absolute Gasteiger partial charge is 0.191 e. The summed E-state index contributed by atoms with van der Waals surface area (Å²) in [5.74, 6) is 0.535.